The van der Waals surface area contributed by atoms with Crippen LogP contribution in [0.25, 0.3) is 0 Å². The van der Waals surface area contributed by atoms with Gasteiger partial charge in [-0.2, -0.15) is 0 Å². The highest BCUT2D eigenvalue weighted by Gasteiger charge is 2.19. The molecule has 4 nitrogen and oxygen atoms in total. The zero-order valence-electron chi connectivity index (χ0n) is 14.9. The van der Waals surface area contributed by atoms with Crippen LogP contribution in [-0.2, 0) is 6.42 Å². The minimum atomic E-state index is 0.258. The lowest BCUT2D eigenvalue weighted by Gasteiger charge is -2.17. The van der Waals surface area contributed by atoms with E-state index in [1.807, 2.05) is 32.2 Å². The highest BCUT2D eigenvalue weighted by molar-refractivity contribution is 9.10. The van der Waals surface area contributed by atoms with Crippen LogP contribution in [0, 0.1) is 5.41 Å². The van der Waals surface area contributed by atoms with Gasteiger partial charge < -0.3 is 16.0 Å². The predicted molar refractivity (Wildman–Crippen MR) is 106 cm³/mol. The Morgan fingerprint density at radius 2 is 2.04 bits per heavy atom. The van der Waals surface area contributed by atoms with E-state index in [1.165, 1.54) is 11.1 Å². The topological polar surface area (TPSA) is 60.8 Å². The van der Waals surface area contributed by atoms with E-state index in [0.717, 1.165) is 33.7 Å². The maximum absolute atomic E-state index is 8.44. The van der Waals surface area contributed by atoms with Crippen LogP contribution in [0.3, 0.4) is 0 Å². The molecule has 0 radical (unpaired) electrons. The summed E-state index contributed by atoms with van der Waals surface area (Å²) in [6, 6.07) is 2.28. The smallest absolute Gasteiger partial charge is 0.137 e. The summed E-state index contributed by atoms with van der Waals surface area (Å²) in [5.74, 6) is 0.768. The second-order valence-corrected chi connectivity index (χ2v) is 7.15. The third-order valence-corrected chi connectivity index (χ3v) is 4.34. The van der Waals surface area contributed by atoms with Crippen molar-refractivity contribution < 1.29 is 0 Å². The van der Waals surface area contributed by atoms with E-state index in [0.29, 0.717) is 5.71 Å². The summed E-state index contributed by atoms with van der Waals surface area (Å²) in [5.41, 5.74) is 6.02. The van der Waals surface area contributed by atoms with Crippen molar-refractivity contribution in [2.24, 2.45) is 0 Å². The third kappa shape index (κ3) is 4.35. The van der Waals surface area contributed by atoms with Crippen molar-refractivity contribution in [2.75, 3.05) is 12.4 Å². The van der Waals surface area contributed by atoms with Gasteiger partial charge in [0.25, 0.3) is 0 Å². The first-order chi connectivity index (χ1) is 11.3. The van der Waals surface area contributed by atoms with Crippen LogP contribution in [0.2, 0.25) is 0 Å². The third-order valence-electron chi connectivity index (χ3n) is 3.93. The first-order valence-corrected chi connectivity index (χ1v) is 8.90. The molecule has 1 aromatic heterocycles. The van der Waals surface area contributed by atoms with Crippen LogP contribution in [-0.4, -0.2) is 23.8 Å². The molecule has 0 spiro atoms. The minimum Gasteiger partial charge on any atom is -0.392 e. The maximum atomic E-state index is 8.44. The fourth-order valence-electron chi connectivity index (χ4n) is 2.67. The first kappa shape index (κ1) is 18.5. The van der Waals surface area contributed by atoms with Gasteiger partial charge in [0.1, 0.15) is 10.4 Å². The van der Waals surface area contributed by atoms with Gasteiger partial charge in [-0.15, -0.1) is 0 Å². The SMILES string of the molecule is CN/C(C)=C\C(C)=C1/C=CC(=N)c2c(cc(Br)nc2NC(C)C)C1. The molecular formula is C19H25BrN4. The number of hydrogen-bond acceptors (Lipinski definition) is 4. The molecule has 3 N–H and O–H groups in total. The van der Waals surface area contributed by atoms with Gasteiger partial charge >= 0.3 is 0 Å². The molecule has 1 aromatic rings. The molecule has 0 saturated heterocycles. The summed E-state index contributed by atoms with van der Waals surface area (Å²) in [6.45, 7) is 8.31. The largest absolute Gasteiger partial charge is 0.392 e. The van der Waals surface area contributed by atoms with E-state index >= 15 is 0 Å². The Bertz CT molecular complexity index is 742. The van der Waals surface area contributed by atoms with Crippen molar-refractivity contribution in [1.82, 2.24) is 10.3 Å². The zero-order valence-corrected chi connectivity index (χ0v) is 16.5. The fraction of sp³-hybridized carbons (Fsp3) is 0.368. The van der Waals surface area contributed by atoms with E-state index in [4.69, 9.17) is 5.41 Å². The van der Waals surface area contributed by atoms with Crippen LogP contribution in [0.15, 0.2) is 45.7 Å². The molecule has 0 aromatic carbocycles. The molecule has 0 atom stereocenters. The van der Waals surface area contributed by atoms with E-state index in [1.54, 1.807) is 0 Å². The normalized spacial score (nSPS) is 16.8. The second kappa shape index (κ2) is 7.79. The van der Waals surface area contributed by atoms with E-state index < -0.39 is 0 Å². The van der Waals surface area contributed by atoms with Crippen LogP contribution in [0.4, 0.5) is 5.82 Å². The minimum absolute atomic E-state index is 0.258. The van der Waals surface area contributed by atoms with Crippen LogP contribution in [0.1, 0.15) is 38.8 Å². The Kier molecular flexibility index (Phi) is 5.99. The number of nitrogens with one attached hydrogen (secondary N) is 3. The summed E-state index contributed by atoms with van der Waals surface area (Å²) in [6.07, 6.45) is 6.83. The molecule has 5 heteroatoms. The molecule has 1 aliphatic rings. The number of allylic oxidation sites excluding steroid dienone is 6. The Morgan fingerprint density at radius 3 is 2.67 bits per heavy atom. The quantitative estimate of drug-likeness (QED) is 0.661. The number of nitrogens with zero attached hydrogens (tertiary/aromatic N) is 1. The Labute approximate surface area is 152 Å². The average Bonchev–Trinajstić information content (AvgIpc) is 2.65. The van der Waals surface area contributed by atoms with Crippen molar-refractivity contribution >= 4 is 27.5 Å². The van der Waals surface area contributed by atoms with Crippen molar-refractivity contribution in [3.8, 4) is 0 Å². The molecule has 128 valence electrons. The summed E-state index contributed by atoms with van der Waals surface area (Å²) in [4.78, 5) is 4.54. The lowest BCUT2D eigenvalue weighted by molar-refractivity contribution is 0.885. The molecule has 0 bridgehead atoms. The number of anilines is 1. The number of rotatable bonds is 4. The lowest BCUT2D eigenvalue weighted by Crippen LogP contribution is -2.16. The molecule has 1 aliphatic carbocycles. The van der Waals surface area contributed by atoms with Crippen molar-refractivity contribution in [3.05, 3.63) is 56.9 Å². The van der Waals surface area contributed by atoms with E-state index in [-0.39, 0.29) is 6.04 Å². The van der Waals surface area contributed by atoms with Gasteiger partial charge in [-0.3, -0.25) is 0 Å². The van der Waals surface area contributed by atoms with Gasteiger partial charge in [0.15, 0.2) is 0 Å². The van der Waals surface area contributed by atoms with Gasteiger partial charge in [-0.05, 0) is 85.0 Å². The molecule has 2 rings (SSSR count). The van der Waals surface area contributed by atoms with Crippen molar-refractivity contribution in [3.63, 3.8) is 0 Å². The summed E-state index contributed by atoms with van der Waals surface area (Å²) in [5, 5.41) is 15.0. The van der Waals surface area contributed by atoms with Crippen LogP contribution >= 0.6 is 15.9 Å². The molecular weight excluding hydrogens is 364 g/mol. The summed E-state index contributed by atoms with van der Waals surface area (Å²) >= 11 is 3.51. The number of halogens is 1. The number of fused-ring (bicyclic) bond motifs is 1. The Morgan fingerprint density at radius 1 is 1.33 bits per heavy atom. The molecule has 0 saturated carbocycles. The molecule has 1 heterocycles. The Balaban J connectivity index is 2.56. The standard InChI is InChI=1S/C19H25BrN4/c1-11(2)23-19-18-15(10-17(20)24-19)9-14(6-7-16(18)21)12(3)8-13(4)22-5/h6-8,10-11,21-22H,9H2,1-5H3,(H,23,24)/b13-8-,14-12+,21-16?. The van der Waals surface area contributed by atoms with Gasteiger partial charge in [-0.25, -0.2) is 4.98 Å². The average molecular weight is 389 g/mol. The fourth-order valence-corrected chi connectivity index (χ4v) is 3.13. The molecule has 0 aliphatic heterocycles. The van der Waals surface area contributed by atoms with Gasteiger partial charge in [0.2, 0.25) is 0 Å². The highest BCUT2D eigenvalue weighted by Crippen LogP contribution is 2.29. The molecule has 0 fully saturated rings. The number of hydrogen-bond donors (Lipinski definition) is 3. The van der Waals surface area contributed by atoms with Crippen molar-refractivity contribution in [1.29, 1.82) is 5.41 Å². The Hall–Kier alpha value is -1.88. The lowest BCUT2D eigenvalue weighted by atomic mass is 9.98. The second-order valence-electron chi connectivity index (χ2n) is 6.34. The van der Waals surface area contributed by atoms with Gasteiger partial charge in [0.05, 0.1) is 5.71 Å². The number of aromatic nitrogens is 1. The van der Waals surface area contributed by atoms with Crippen LogP contribution in [0.5, 0.6) is 0 Å². The van der Waals surface area contributed by atoms with E-state index in [9.17, 15) is 0 Å². The van der Waals surface area contributed by atoms with Crippen LogP contribution < -0.4 is 10.6 Å². The summed E-state index contributed by atoms with van der Waals surface area (Å²) in [7, 11) is 1.92. The van der Waals surface area contributed by atoms with E-state index in [2.05, 4.69) is 58.4 Å². The summed E-state index contributed by atoms with van der Waals surface area (Å²) < 4.78 is 0.790. The monoisotopic (exact) mass is 388 g/mol. The maximum Gasteiger partial charge on any atom is 0.137 e. The molecule has 24 heavy (non-hydrogen) atoms. The first-order valence-electron chi connectivity index (χ1n) is 8.10. The highest BCUT2D eigenvalue weighted by atomic mass is 79.9. The zero-order chi connectivity index (χ0) is 17.9. The van der Waals surface area contributed by atoms with Gasteiger partial charge in [-0.1, -0.05) is 6.08 Å². The van der Waals surface area contributed by atoms with Gasteiger partial charge in [0, 0.05) is 24.4 Å². The molecule has 0 unspecified atom stereocenters. The predicted octanol–water partition coefficient (Wildman–Crippen LogP) is 4.58. The van der Waals surface area contributed by atoms with Crippen molar-refractivity contribution in [2.45, 2.75) is 40.2 Å². The number of pyridine rings is 1. The molecule has 0 amide bonds.